The number of amidine groups is 1. The Bertz CT molecular complexity index is 862. The maximum absolute atomic E-state index is 5.45. The van der Waals surface area contributed by atoms with E-state index in [0.717, 1.165) is 42.4 Å². The van der Waals surface area contributed by atoms with Crippen molar-refractivity contribution in [2.75, 3.05) is 32.8 Å². The average molecular weight is 355 g/mol. The highest BCUT2D eigenvalue weighted by Gasteiger charge is 2.26. The monoisotopic (exact) mass is 355 g/mol. The van der Waals surface area contributed by atoms with E-state index in [1.54, 1.807) is 27.7 Å². The predicted octanol–water partition coefficient (Wildman–Crippen LogP) is 2.11. The summed E-state index contributed by atoms with van der Waals surface area (Å²) in [5.41, 5.74) is 1.99. The Morgan fingerprint density at radius 1 is 1.08 bits per heavy atom. The Balaban J connectivity index is 1.70. The normalized spacial score (nSPS) is 15.2. The third kappa shape index (κ3) is 2.67. The Kier molecular flexibility index (Phi) is 4.24. The van der Waals surface area contributed by atoms with Gasteiger partial charge in [-0.3, -0.25) is 4.99 Å². The third-order valence-corrected chi connectivity index (χ3v) is 4.52. The molecule has 0 saturated carbocycles. The van der Waals surface area contributed by atoms with Crippen molar-refractivity contribution in [2.24, 2.45) is 9.98 Å². The minimum atomic E-state index is 0.580. The number of hydrogen-bond acceptors (Lipinski definition) is 7. The van der Waals surface area contributed by atoms with E-state index in [4.69, 9.17) is 14.2 Å². The highest BCUT2D eigenvalue weighted by atomic mass is 16.5. The molecule has 8 heteroatoms. The molecule has 8 nitrogen and oxygen atoms in total. The lowest BCUT2D eigenvalue weighted by atomic mass is 10.1. The predicted molar refractivity (Wildman–Crippen MR) is 99.0 cm³/mol. The van der Waals surface area contributed by atoms with Gasteiger partial charge < -0.3 is 23.7 Å². The van der Waals surface area contributed by atoms with Crippen molar-refractivity contribution in [1.29, 1.82) is 0 Å². The fraction of sp³-hybridized carbons (Fsp3) is 0.389. The second-order valence-corrected chi connectivity index (χ2v) is 6.08. The van der Waals surface area contributed by atoms with Gasteiger partial charge in [0.05, 0.1) is 40.5 Å². The molecule has 0 N–H and O–H groups in total. The number of aliphatic imine (C=N–C) groups is 2. The molecule has 1 aromatic heterocycles. The van der Waals surface area contributed by atoms with Crippen molar-refractivity contribution < 1.29 is 14.2 Å². The SMILES string of the molecule is COc1cc(CN2C=NC3=NCCCn4cnc2c43)cc(OC)c1OC. The molecule has 26 heavy (non-hydrogen) atoms. The summed E-state index contributed by atoms with van der Waals surface area (Å²) in [5.74, 6) is 3.46. The van der Waals surface area contributed by atoms with Gasteiger partial charge in [0, 0.05) is 13.1 Å². The smallest absolute Gasteiger partial charge is 0.203 e. The zero-order valence-electron chi connectivity index (χ0n) is 15.1. The van der Waals surface area contributed by atoms with Crippen LogP contribution in [-0.4, -0.2) is 49.6 Å². The highest BCUT2D eigenvalue weighted by Crippen LogP contribution is 2.39. The number of rotatable bonds is 5. The Hall–Kier alpha value is -3.03. The molecule has 0 radical (unpaired) electrons. The van der Waals surface area contributed by atoms with Gasteiger partial charge in [-0.25, -0.2) is 9.98 Å². The lowest BCUT2D eigenvalue weighted by Crippen LogP contribution is -2.28. The van der Waals surface area contributed by atoms with E-state index in [0.29, 0.717) is 23.8 Å². The Morgan fingerprint density at radius 2 is 1.85 bits per heavy atom. The average Bonchev–Trinajstić information content (AvgIpc) is 2.99. The van der Waals surface area contributed by atoms with Crippen molar-refractivity contribution in [1.82, 2.24) is 9.55 Å². The standard InChI is InChI=1S/C18H21N5O3/c1-24-13-7-12(8-14(25-2)16(13)26-3)9-23-10-20-17-15-18(23)21-11-22(15)6-4-5-19-17/h7-8,10-11H,4-6,9H2,1-3H3. The molecule has 0 spiro atoms. The molecule has 2 aromatic rings. The quantitative estimate of drug-likeness (QED) is 0.821. The minimum Gasteiger partial charge on any atom is -0.493 e. The molecular weight excluding hydrogens is 334 g/mol. The summed E-state index contributed by atoms with van der Waals surface area (Å²) in [6.07, 6.45) is 4.64. The first-order chi connectivity index (χ1) is 12.7. The van der Waals surface area contributed by atoms with Gasteiger partial charge >= 0.3 is 0 Å². The number of imidazole rings is 1. The van der Waals surface area contributed by atoms with E-state index in [1.807, 2.05) is 23.4 Å². The van der Waals surface area contributed by atoms with Crippen LogP contribution in [0.25, 0.3) is 0 Å². The fourth-order valence-corrected chi connectivity index (χ4v) is 3.30. The molecule has 3 heterocycles. The number of ether oxygens (including phenoxy) is 3. The van der Waals surface area contributed by atoms with E-state index in [2.05, 4.69) is 19.5 Å². The number of anilines is 1. The second kappa shape index (κ2) is 6.70. The van der Waals surface area contributed by atoms with Crippen LogP contribution < -0.4 is 19.1 Å². The molecule has 0 amide bonds. The van der Waals surface area contributed by atoms with Gasteiger partial charge in [0.25, 0.3) is 0 Å². The number of hydrogen-bond donors (Lipinski definition) is 0. The molecular formula is C18H21N5O3. The Morgan fingerprint density at radius 3 is 2.54 bits per heavy atom. The van der Waals surface area contributed by atoms with E-state index in [-0.39, 0.29) is 0 Å². The molecule has 4 rings (SSSR count). The molecule has 1 aromatic carbocycles. The molecule has 0 aliphatic carbocycles. The first kappa shape index (κ1) is 16.4. The third-order valence-electron chi connectivity index (χ3n) is 4.52. The largest absolute Gasteiger partial charge is 0.493 e. The van der Waals surface area contributed by atoms with Crippen LogP contribution in [0.2, 0.25) is 0 Å². The minimum absolute atomic E-state index is 0.580. The second-order valence-electron chi connectivity index (χ2n) is 6.08. The van der Waals surface area contributed by atoms with Crippen molar-refractivity contribution in [3.8, 4) is 17.2 Å². The van der Waals surface area contributed by atoms with Crippen LogP contribution in [0.3, 0.4) is 0 Å². The number of methoxy groups -OCH3 is 3. The molecule has 2 aliphatic rings. The first-order valence-corrected chi connectivity index (χ1v) is 8.44. The van der Waals surface area contributed by atoms with Gasteiger partial charge in [0.2, 0.25) is 5.75 Å². The maximum Gasteiger partial charge on any atom is 0.203 e. The lowest BCUT2D eigenvalue weighted by Gasteiger charge is -2.23. The van der Waals surface area contributed by atoms with Crippen molar-refractivity contribution in [3.05, 3.63) is 29.7 Å². The Labute approximate surface area is 151 Å². The van der Waals surface area contributed by atoms with Crippen LogP contribution in [0.5, 0.6) is 17.2 Å². The van der Waals surface area contributed by atoms with Crippen LogP contribution in [-0.2, 0) is 13.1 Å². The van der Waals surface area contributed by atoms with E-state index in [1.165, 1.54) is 0 Å². The summed E-state index contributed by atoms with van der Waals surface area (Å²) in [5, 5.41) is 0. The summed E-state index contributed by atoms with van der Waals surface area (Å²) in [6.45, 7) is 2.28. The van der Waals surface area contributed by atoms with E-state index < -0.39 is 0 Å². The summed E-state index contributed by atoms with van der Waals surface area (Å²) < 4.78 is 18.4. The van der Waals surface area contributed by atoms with Gasteiger partial charge in [0.15, 0.2) is 23.2 Å². The highest BCUT2D eigenvalue weighted by molar-refractivity contribution is 6.11. The topological polar surface area (TPSA) is 73.5 Å². The van der Waals surface area contributed by atoms with Gasteiger partial charge in [0.1, 0.15) is 5.69 Å². The van der Waals surface area contributed by atoms with Gasteiger partial charge in [-0.2, -0.15) is 0 Å². The van der Waals surface area contributed by atoms with Crippen LogP contribution in [0.1, 0.15) is 17.7 Å². The van der Waals surface area contributed by atoms with Crippen LogP contribution in [0, 0.1) is 0 Å². The molecule has 0 fully saturated rings. The fourth-order valence-electron chi connectivity index (χ4n) is 3.30. The van der Waals surface area contributed by atoms with Crippen molar-refractivity contribution in [3.63, 3.8) is 0 Å². The van der Waals surface area contributed by atoms with Crippen LogP contribution in [0.15, 0.2) is 28.4 Å². The molecule has 2 aliphatic heterocycles. The molecule has 0 unspecified atom stereocenters. The van der Waals surface area contributed by atoms with Gasteiger partial charge in [-0.1, -0.05) is 0 Å². The van der Waals surface area contributed by atoms with Crippen LogP contribution >= 0.6 is 0 Å². The lowest BCUT2D eigenvalue weighted by molar-refractivity contribution is 0.324. The molecule has 0 bridgehead atoms. The summed E-state index contributed by atoms with van der Waals surface area (Å²) in [6, 6.07) is 3.88. The molecule has 0 atom stereocenters. The first-order valence-electron chi connectivity index (χ1n) is 8.44. The van der Waals surface area contributed by atoms with Crippen molar-refractivity contribution >= 4 is 18.0 Å². The maximum atomic E-state index is 5.45. The van der Waals surface area contributed by atoms with Gasteiger partial charge in [-0.15, -0.1) is 0 Å². The number of aryl methyl sites for hydroxylation is 1. The van der Waals surface area contributed by atoms with Crippen molar-refractivity contribution in [2.45, 2.75) is 19.5 Å². The van der Waals surface area contributed by atoms with Crippen LogP contribution in [0.4, 0.5) is 5.82 Å². The number of aromatic nitrogens is 2. The molecule has 0 saturated heterocycles. The number of nitrogens with zero attached hydrogens (tertiary/aromatic N) is 5. The van der Waals surface area contributed by atoms with E-state index in [9.17, 15) is 0 Å². The summed E-state index contributed by atoms with van der Waals surface area (Å²) >= 11 is 0. The zero-order chi connectivity index (χ0) is 18.1. The van der Waals surface area contributed by atoms with E-state index >= 15 is 0 Å². The summed E-state index contributed by atoms with van der Waals surface area (Å²) in [4.78, 5) is 15.7. The summed E-state index contributed by atoms with van der Waals surface area (Å²) in [7, 11) is 4.82. The number of benzene rings is 1. The zero-order valence-corrected chi connectivity index (χ0v) is 15.1. The van der Waals surface area contributed by atoms with Gasteiger partial charge in [-0.05, 0) is 24.1 Å². The molecule has 136 valence electrons.